The van der Waals surface area contributed by atoms with Crippen molar-refractivity contribution in [2.75, 3.05) is 5.32 Å². The van der Waals surface area contributed by atoms with Gasteiger partial charge >= 0.3 is 0 Å². The van der Waals surface area contributed by atoms with Crippen molar-refractivity contribution in [2.45, 2.75) is 0 Å². The Morgan fingerprint density at radius 3 is 2.52 bits per heavy atom. The molecule has 0 heterocycles. The molecule has 1 amide bonds. The number of anilines is 1. The lowest BCUT2D eigenvalue weighted by molar-refractivity contribution is 0.102. The fraction of sp³-hybridized carbons (Fsp3) is 0. The van der Waals surface area contributed by atoms with E-state index in [1.54, 1.807) is 18.2 Å². The topological polar surface area (TPSA) is 29.1 Å². The number of carbonyl (C=O) groups excluding carboxylic acids is 1. The fourth-order valence-corrected chi connectivity index (χ4v) is 2.64. The van der Waals surface area contributed by atoms with E-state index in [9.17, 15) is 4.79 Å². The molecule has 0 spiro atoms. The van der Waals surface area contributed by atoms with Gasteiger partial charge in [0.1, 0.15) is 0 Å². The molecule has 3 aromatic rings. The molecule has 0 aromatic heterocycles. The van der Waals surface area contributed by atoms with Crippen LogP contribution < -0.4 is 5.32 Å². The lowest BCUT2D eigenvalue weighted by Gasteiger charge is -2.08. The van der Waals surface area contributed by atoms with E-state index in [2.05, 4.69) is 21.2 Å². The Kier molecular flexibility index (Phi) is 3.95. The summed E-state index contributed by atoms with van der Waals surface area (Å²) in [7, 11) is 0. The van der Waals surface area contributed by atoms with Gasteiger partial charge in [-0.15, -0.1) is 0 Å². The molecule has 0 atom stereocenters. The van der Waals surface area contributed by atoms with Crippen molar-refractivity contribution < 1.29 is 4.79 Å². The van der Waals surface area contributed by atoms with E-state index in [0.717, 1.165) is 15.2 Å². The quantitative estimate of drug-likeness (QED) is 0.641. The second-order valence-electron chi connectivity index (χ2n) is 4.64. The number of rotatable bonds is 2. The summed E-state index contributed by atoms with van der Waals surface area (Å²) in [5, 5.41) is 5.58. The Bertz CT molecular complexity index is 832. The molecular weight excluding hydrogens is 350 g/mol. The Morgan fingerprint density at radius 2 is 1.71 bits per heavy atom. The third kappa shape index (κ3) is 3.09. The Balaban J connectivity index is 1.91. The van der Waals surface area contributed by atoms with Gasteiger partial charge in [0.2, 0.25) is 0 Å². The van der Waals surface area contributed by atoms with Crippen LogP contribution in [0.2, 0.25) is 5.02 Å². The van der Waals surface area contributed by atoms with Crippen LogP contribution in [0.15, 0.2) is 65.1 Å². The summed E-state index contributed by atoms with van der Waals surface area (Å²) in [5.74, 6) is -0.163. The SMILES string of the molecule is O=C(Nc1cc(Cl)ccc1Br)c1ccc2ccccc2c1. The summed E-state index contributed by atoms with van der Waals surface area (Å²) in [6.07, 6.45) is 0. The molecule has 0 saturated heterocycles. The van der Waals surface area contributed by atoms with Gasteiger partial charge < -0.3 is 5.32 Å². The van der Waals surface area contributed by atoms with Gasteiger partial charge in [0.25, 0.3) is 5.91 Å². The van der Waals surface area contributed by atoms with Crippen molar-refractivity contribution in [3.05, 3.63) is 75.7 Å². The number of amides is 1. The minimum Gasteiger partial charge on any atom is -0.321 e. The van der Waals surface area contributed by atoms with Crippen molar-refractivity contribution in [3.63, 3.8) is 0 Å². The van der Waals surface area contributed by atoms with Crippen LogP contribution in [-0.2, 0) is 0 Å². The van der Waals surface area contributed by atoms with Gasteiger partial charge in [-0.2, -0.15) is 0 Å². The van der Waals surface area contributed by atoms with E-state index in [1.165, 1.54) is 0 Å². The normalized spacial score (nSPS) is 10.6. The van der Waals surface area contributed by atoms with Crippen molar-refractivity contribution in [1.29, 1.82) is 0 Å². The highest BCUT2D eigenvalue weighted by Crippen LogP contribution is 2.26. The number of fused-ring (bicyclic) bond motifs is 1. The van der Waals surface area contributed by atoms with Crippen LogP contribution in [0.1, 0.15) is 10.4 Å². The first-order chi connectivity index (χ1) is 10.1. The molecular formula is C17H11BrClNO. The lowest BCUT2D eigenvalue weighted by Crippen LogP contribution is -2.12. The molecule has 0 unspecified atom stereocenters. The predicted octanol–water partition coefficient (Wildman–Crippen LogP) is 5.51. The summed E-state index contributed by atoms with van der Waals surface area (Å²) >= 11 is 9.35. The molecule has 3 aromatic carbocycles. The zero-order chi connectivity index (χ0) is 14.8. The van der Waals surface area contributed by atoms with E-state index in [1.807, 2.05) is 42.5 Å². The summed E-state index contributed by atoms with van der Waals surface area (Å²) in [6.45, 7) is 0. The van der Waals surface area contributed by atoms with Gasteiger partial charge in [0.15, 0.2) is 0 Å². The second kappa shape index (κ2) is 5.88. The highest BCUT2D eigenvalue weighted by atomic mass is 79.9. The van der Waals surface area contributed by atoms with Crippen molar-refractivity contribution in [3.8, 4) is 0 Å². The standard InChI is InChI=1S/C17H11BrClNO/c18-15-8-7-14(19)10-16(15)20-17(21)13-6-5-11-3-1-2-4-12(11)9-13/h1-10H,(H,20,21). The van der Waals surface area contributed by atoms with Crippen LogP contribution in [0.4, 0.5) is 5.69 Å². The number of hydrogen-bond acceptors (Lipinski definition) is 1. The number of benzene rings is 3. The van der Waals surface area contributed by atoms with Crippen LogP contribution >= 0.6 is 27.5 Å². The minimum absolute atomic E-state index is 0.163. The molecule has 21 heavy (non-hydrogen) atoms. The highest BCUT2D eigenvalue weighted by molar-refractivity contribution is 9.10. The Hall–Kier alpha value is -1.84. The molecule has 0 aliphatic rings. The molecule has 4 heteroatoms. The van der Waals surface area contributed by atoms with Gasteiger partial charge in [0.05, 0.1) is 5.69 Å². The zero-order valence-corrected chi connectivity index (χ0v) is 13.3. The minimum atomic E-state index is -0.163. The molecule has 0 aliphatic heterocycles. The second-order valence-corrected chi connectivity index (χ2v) is 5.93. The van der Waals surface area contributed by atoms with E-state index < -0.39 is 0 Å². The van der Waals surface area contributed by atoms with Crippen molar-refractivity contribution in [1.82, 2.24) is 0 Å². The molecule has 0 bridgehead atoms. The number of nitrogens with one attached hydrogen (secondary N) is 1. The first-order valence-corrected chi connectivity index (χ1v) is 7.56. The average Bonchev–Trinajstić information content (AvgIpc) is 2.50. The maximum absolute atomic E-state index is 12.3. The largest absolute Gasteiger partial charge is 0.321 e. The summed E-state index contributed by atoms with van der Waals surface area (Å²) < 4.78 is 0.793. The molecule has 0 fully saturated rings. The Labute approximate surface area is 135 Å². The smallest absolute Gasteiger partial charge is 0.255 e. The number of halogens is 2. The molecule has 3 rings (SSSR count). The summed E-state index contributed by atoms with van der Waals surface area (Å²) in [4.78, 5) is 12.3. The number of carbonyl (C=O) groups is 1. The fourth-order valence-electron chi connectivity index (χ4n) is 2.12. The molecule has 0 radical (unpaired) electrons. The van der Waals surface area contributed by atoms with Crippen LogP contribution in [0.3, 0.4) is 0 Å². The van der Waals surface area contributed by atoms with Gasteiger partial charge in [-0.25, -0.2) is 0 Å². The monoisotopic (exact) mass is 359 g/mol. The van der Waals surface area contributed by atoms with Gasteiger partial charge in [-0.1, -0.05) is 41.9 Å². The first-order valence-electron chi connectivity index (χ1n) is 6.39. The molecule has 0 saturated carbocycles. The van der Waals surface area contributed by atoms with Gasteiger partial charge in [-0.3, -0.25) is 4.79 Å². The van der Waals surface area contributed by atoms with Crippen molar-refractivity contribution in [2.24, 2.45) is 0 Å². The van der Waals surface area contributed by atoms with E-state index >= 15 is 0 Å². The van der Waals surface area contributed by atoms with Gasteiger partial charge in [-0.05, 0) is 57.0 Å². The summed E-state index contributed by atoms with van der Waals surface area (Å²) in [6, 6.07) is 18.9. The van der Waals surface area contributed by atoms with E-state index in [4.69, 9.17) is 11.6 Å². The zero-order valence-electron chi connectivity index (χ0n) is 10.9. The van der Waals surface area contributed by atoms with Gasteiger partial charge in [0, 0.05) is 15.1 Å². The van der Waals surface area contributed by atoms with Crippen LogP contribution in [0, 0.1) is 0 Å². The average molecular weight is 361 g/mol. The molecule has 0 aliphatic carbocycles. The van der Waals surface area contributed by atoms with E-state index in [0.29, 0.717) is 16.3 Å². The first kappa shape index (κ1) is 14.1. The predicted molar refractivity (Wildman–Crippen MR) is 91.1 cm³/mol. The van der Waals surface area contributed by atoms with Crippen LogP contribution in [0.25, 0.3) is 10.8 Å². The van der Waals surface area contributed by atoms with E-state index in [-0.39, 0.29) is 5.91 Å². The number of hydrogen-bond donors (Lipinski definition) is 1. The lowest BCUT2D eigenvalue weighted by atomic mass is 10.1. The summed E-state index contributed by atoms with van der Waals surface area (Å²) in [5.41, 5.74) is 1.27. The van der Waals surface area contributed by atoms with Crippen LogP contribution in [-0.4, -0.2) is 5.91 Å². The third-order valence-corrected chi connectivity index (χ3v) is 4.11. The molecule has 2 nitrogen and oxygen atoms in total. The highest BCUT2D eigenvalue weighted by Gasteiger charge is 2.09. The Morgan fingerprint density at radius 1 is 0.952 bits per heavy atom. The maximum Gasteiger partial charge on any atom is 0.255 e. The van der Waals surface area contributed by atoms with Crippen molar-refractivity contribution >= 4 is 49.9 Å². The molecule has 1 N–H and O–H groups in total. The molecule has 104 valence electrons. The maximum atomic E-state index is 12.3. The third-order valence-electron chi connectivity index (χ3n) is 3.19. The van der Waals surface area contributed by atoms with Crippen LogP contribution in [0.5, 0.6) is 0 Å².